The van der Waals surface area contributed by atoms with E-state index in [1.54, 1.807) is 12.1 Å². The van der Waals surface area contributed by atoms with Gasteiger partial charge >= 0.3 is 0 Å². The second-order valence-electron chi connectivity index (χ2n) is 5.09. The molecule has 0 amide bonds. The summed E-state index contributed by atoms with van der Waals surface area (Å²) >= 11 is 23.4. The molecule has 0 atom stereocenters. The number of hydrogen-bond acceptors (Lipinski definition) is 6. The molecule has 28 heavy (non-hydrogen) atoms. The molecule has 0 unspecified atom stereocenters. The third kappa shape index (κ3) is 5.16. The molecule has 2 aromatic carbocycles. The SMILES string of the molecule is N#CC(N=Cc1cc(Cl)cc(Cl)c1O)=C(C#N)N=Cc1cc(Cl)cc(Cl)c1O. The van der Waals surface area contributed by atoms with Crippen molar-refractivity contribution >= 4 is 58.8 Å². The molecule has 140 valence electrons. The van der Waals surface area contributed by atoms with E-state index in [1.165, 1.54) is 24.3 Å². The number of halogens is 4. The van der Waals surface area contributed by atoms with Gasteiger partial charge in [0.15, 0.2) is 11.4 Å². The van der Waals surface area contributed by atoms with E-state index >= 15 is 0 Å². The van der Waals surface area contributed by atoms with Gasteiger partial charge in [0.05, 0.1) is 10.0 Å². The minimum atomic E-state index is -0.345. The largest absolute Gasteiger partial charge is 0.506 e. The zero-order valence-electron chi connectivity index (χ0n) is 13.7. The van der Waals surface area contributed by atoms with Crippen molar-refractivity contribution in [2.45, 2.75) is 0 Å². The third-order valence-corrected chi connectivity index (χ3v) is 4.23. The van der Waals surface area contributed by atoms with Gasteiger partial charge in [-0.25, -0.2) is 9.98 Å². The van der Waals surface area contributed by atoms with Gasteiger partial charge in [-0.05, 0) is 24.3 Å². The number of aliphatic imine (C=N–C) groups is 2. The molecule has 0 heterocycles. The average molecular weight is 454 g/mol. The number of aromatic hydroxyl groups is 2. The predicted molar refractivity (Wildman–Crippen MR) is 110 cm³/mol. The van der Waals surface area contributed by atoms with Gasteiger partial charge in [0.25, 0.3) is 0 Å². The normalized spacial score (nSPS) is 12.1. The Morgan fingerprint density at radius 1 is 0.750 bits per heavy atom. The molecular weight excluding hydrogens is 446 g/mol. The van der Waals surface area contributed by atoms with E-state index in [1.807, 2.05) is 0 Å². The fraction of sp³-hybridized carbons (Fsp3) is 0. The zero-order valence-corrected chi connectivity index (χ0v) is 16.7. The summed E-state index contributed by atoms with van der Waals surface area (Å²) in [4.78, 5) is 7.72. The molecule has 6 nitrogen and oxygen atoms in total. The third-order valence-electron chi connectivity index (χ3n) is 3.22. The first-order valence-electron chi connectivity index (χ1n) is 7.25. The number of hydrogen-bond donors (Lipinski definition) is 2. The molecule has 0 saturated heterocycles. The highest BCUT2D eigenvalue weighted by Crippen LogP contribution is 2.31. The topological polar surface area (TPSA) is 113 Å². The van der Waals surface area contributed by atoms with Crippen LogP contribution in [0.2, 0.25) is 20.1 Å². The van der Waals surface area contributed by atoms with Crippen molar-refractivity contribution < 1.29 is 10.2 Å². The van der Waals surface area contributed by atoms with Gasteiger partial charge in [0, 0.05) is 33.6 Å². The molecule has 10 heteroatoms. The number of phenols is 2. The van der Waals surface area contributed by atoms with Crippen LogP contribution in [0.4, 0.5) is 0 Å². The lowest BCUT2D eigenvalue weighted by molar-refractivity contribution is 0.474. The number of phenolic OH excluding ortho intramolecular Hbond substituents is 2. The molecule has 0 aliphatic rings. The van der Waals surface area contributed by atoms with E-state index in [-0.39, 0.29) is 54.1 Å². The lowest BCUT2D eigenvalue weighted by Crippen LogP contribution is -1.90. The van der Waals surface area contributed by atoms with Gasteiger partial charge in [-0.2, -0.15) is 10.5 Å². The summed E-state index contributed by atoms with van der Waals surface area (Å²) < 4.78 is 0. The first-order valence-corrected chi connectivity index (χ1v) is 8.76. The Morgan fingerprint density at radius 2 is 1.11 bits per heavy atom. The van der Waals surface area contributed by atoms with Crippen LogP contribution in [-0.2, 0) is 0 Å². The summed E-state index contributed by atoms with van der Waals surface area (Å²) in [5.41, 5.74) is -0.403. The molecule has 0 saturated carbocycles. The minimum absolute atomic E-state index is 0.00303. The van der Waals surface area contributed by atoms with E-state index in [0.29, 0.717) is 0 Å². The maximum absolute atomic E-state index is 9.91. The number of nitriles is 2. The summed E-state index contributed by atoms with van der Waals surface area (Å²) in [6.07, 6.45) is 2.23. The maximum Gasteiger partial charge on any atom is 0.176 e. The molecule has 0 spiro atoms. The Bertz CT molecular complexity index is 1020. The Labute approximate surface area is 179 Å². The van der Waals surface area contributed by atoms with Crippen molar-refractivity contribution in [2.24, 2.45) is 9.98 Å². The molecule has 0 aromatic heterocycles. The molecule has 2 rings (SSSR count). The van der Waals surface area contributed by atoms with Crippen LogP contribution in [0.5, 0.6) is 11.5 Å². The zero-order chi connectivity index (χ0) is 20.8. The molecule has 0 bridgehead atoms. The lowest BCUT2D eigenvalue weighted by Gasteiger charge is -2.03. The standard InChI is InChI=1S/C18H8Cl4N4O2/c19-11-1-9(17(27)13(21)3-11)7-25-15(5-23)16(6-24)26-8-10-2-12(20)4-14(22)18(10)28/h1-4,7-8,27-28H. The van der Waals surface area contributed by atoms with Gasteiger partial charge in [-0.15, -0.1) is 0 Å². The van der Waals surface area contributed by atoms with Crippen molar-refractivity contribution in [1.82, 2.24) is 0 Å². The van der Waals surface area contributed by atoms with Crippen LogP contribution < -0.4 is 0 Å². The van der Waals surface area contributed by atoms with Crippen LogP contribution in [0.3, 0.4) is 0 Å². The van der Waals surface area contributed by atoms with Gasteiger partial charge in [0.2, 0.25) is 0 Å². The molecule has 2 N–H and O–H groups in total. The molecule has 0 fully saturated rings. The van der Waals surface area contributed by atoms with Crippen molar-refractivity contribution in [2.75, 3.05) is 0 Å². The molecule has 0 aliphatic heterocycles. The van der Waals surface area contributed by atoms with Crippen LogP contribution in [-0.4, -0.2) is 22.6 Å². The molecule has 2 aromatic rings. The highest BCUT2D eigenvalue weighted by atomic mass is 35.5. The Morgan fingerprint density at radius 3 is 1.43 bits per heavy atom. The Kier molecular flexibility index (Phi) is 7.28. The second kappa shape index (κ2) is 9.45. The van der Waals surface area contributed by atoms with Gasteiger partial charge < -0.3 is 10.2 Å². The fourth-order valence-corrected chi connectivity index (χ4v) is 2.94. The van der Waals surface area contributed by atoms with Crippen LogP contribution in [0.15, 0.2) is 45.6 Å². The lowest BCUT2D eigenvalue weighted by atomic mass is 10.2. The average Bonchev–Trinajstić information content (AvgIpc) is 2.65. The number of rotatable bonds is 4. The summed E-state index contributed by atoms with van der Waals surface area (Å²) in [5.74, 6) is -0.569. The van der Waals surface area contributed by atoms with Crippen LogP contribution in [0.1, 0.15) is 11.1 Å². The van der Waals surface area contributed by atoms with Crippen LogP contribution in [0.25, 0.3) is 0 Å². The molecular formula is C18H8Cl4N4O2. The molecule has 0 aliphatic carbocycles. The summed E-state index contributed by atoms with van der Waals surface area (Å²) in [5, 5.41) is 38.9. The summed E-state index contributed by atoms with van der Waals surface area (Å²) in [7, 11) is 0. The quantitative estimate of drug-likeness (QED) is 0.469. The van der Waals surface area contributed by atoms with Gasteiger partial charge in [-0.1, -0.05) is 46.4 Å². The van der Waals surface area contributed by atoms with Crippen molar-refractivity contribution in [3.63, 3.8) is 0 Å². The van der Waals surface area contributed by atoms with E-state index in [9.17, 15) is 20.7 Å². The van der Waals surface area contributed by atoms with Crippen molar-refractivity contribution in [3.8, 4) is 23.6 Å². The molecule has 0 radical (unpaired) electrons. The van der Waals surface area contributed by atoms with Crippen LogP contribution >= 0.6 is 46.4 Å². The predicted octanol–water partition coefficient (Wildman–Crippen LogP) is 5.51. The van der Waals surface area contributed by atoms with Crippen molar-refractivity contribution in [3.05, 3.63) is 66.9 Å². The Hall–Kier alpha value is -2.74. The maximum atomic E-state index is 9.91. The van der Waals surface area contributed by atoms with Crippen LogP contribution in [0, 0.1) is 22.7 Å². The number of benzene rings is 2. The van der Waals surface area contributed by atoms with E-state index in [0.717, 1.165) is 12.4 Å². The summed E-state index contributed by atoms with van der Waals surface area (Å²) in [6.45, 7) is 0. The minimum Gasteiger partial charge on any atom is -0.506 e. The second-order valence-corrected chi connectivity index (χ2v) is 6.78. The smallest absolute Gasteiger partial charge is 0.176 e. The summed E-state index contributed by atoms with van der Waals surface area (Å²) in [6, 6.07) is 8.89. The fourth-order valence-electron chi connectivity index (χ4n) is 1.92. The number of nitrogens with zero attached hydrogens (tertiary/aromatic N) is 4. The van der Waals surface area contributed by atoms with E-state index in [2.05, 4.69) is 9.98 Å². The van der Waals surface area contributed by atoms with Gasteiger partial charge in [0.1, 0.15) is 23.6 Å². The monoisotopic (exact) mass is 452 g/mol. The first-order chi connectivity index (χ1) is 13.3. The van der Waals surface area contributed by atoms with Gasteiger partial charge in [-0.3, -0.25) is 0 Å². The van der Waals surface area contributed by atoms with E-state index < -0.39 is 0 Å². The highest BCUT2D eigenvalue weighted by molar-refractivity contribution is 6.36. The highest BCUT2D eigenvalue weighted by Gasteiger charge is 2.09. The Balaban J connectivity index is 2.44. The first kappa shape index (κ1) is 21.6. The number of allylic oxidation sites excluding steroid dienone is 2. The van der Waals surface area contributed by atoms with Crippen molar-refractivity contribution in [1.29, 1.82) is 10.5 Å². The van der Waals surface area contributed by atoms with E-state index in [4.69, 9.17) is 46.4 Å².